The average molecular weight is 436 g/mol. The van der Waals surface area contributed by atoms with Gasteiger partial charge in [0.2, 0.25) is 0 Å². The van der Waals surface area contributed by atoms with Crippen LogP contribution in [-0.2, 0) is 0 Å². The minimum absolute atomic E-state index is 0.114. The largest absolute Gasteiger partial charge is 0.306 e. The summed E-state index contributed by atoms with van der Waals surface area (Å²) in [7, 11) is 0. The zero-order valence-electron chi connectivity index (χ0n) is 11.7. The molecule has 0 aliphatic heterocycles. The van der Waals surface area contributed by atoms with E-state index in [1.807, 2.05) is 32.0 Å². The van der Waals surface area contributed by atoms with Crippen molar-refractivity contribution in [2.75, 3.05) is 6.54 Å². The molecule has 1 N–H and O–H groups in total. The van der Waals surface area contributed by atoms with Gasteiger partial charge in [0.05, 0.1) is 11.1 Å². The summed E-state index contributed by atoms with van der Waals surface area (Å²) in [4.78, 5) is 0. The SMILES string of the molecule is CCNC(c1cc(Br)ccc1C)c1ccc(Br)c(Cl)c1F. The number of hydrogen-bond donors (Lipinski definition) is 1. The van der Waals surface area contributed by atoms with Gasteiger partial charge in [0.1, 0.15) is 5.82 Å². The number of benzene rings is 2. The molecule has 0 aliphatic carbocycles. The summed E-state index contributed by atoms with van der Waals surface area (Å²) in [6.07, 6.45) is 0. The fourth-order valence-electron chi connectivity index (χ4n) is 2.28. The number of rotatable bonds is 4. The molecule has 1 atom stereocenters. The first kappa shape index (κ1) is 16.9. The lowest BCUT2D eigenvalue weighted by molar-refractivity contribution is 0.557. The van der Waals surface area contributed by atoms with Crippen LogP contribution in [0.5, 0.6) is 0 Å². The Kier molecular flexibility index (Phi) is 5.83. The lowest BCUT2D eigenvalue weighted by atomic mass is 9.94. The van der Waals surface area contributed by atoms with Gasteiger partial charge in [-0.15, -0.1) is 0 Å². The van der Waals surface area contributed by atoms with Crippen LogP contribution in [0.2, 0.25) is 5.02 Å². The van der Waals surface area contributed by atoms with Gasteiger partial charge in [0.25, 0.3) is 0 Å². The van der Waals surface area contributed by atoms with Gasteiger partial charge in [-0.3, -0.25) is 0 Å². The predicted octanol–water partition coefficient (Wildman–Crippen LogP) is 6.01. The van der Waals surface area contributed by atoms with Crippen molar-refractivity contribution in [3.05, 3.63) is 66.8 Å². The summed E-state index contributed by atoms with van der Waals surface area (Å²) in [6.45, 7) is 4.74. The van der Waals surface area contributed by atoms with E-state index in [9.17, 15) is 4.39 Å². The van der Waals surface area contributed by atoms with Gasteiger partial charge in [-0.05, 0) is 58.7 Å². The third-order valence-electron chi connectivity index (χ3n) is 3.34. The van der Waals surface area contributed by atoms with E-state index in [1.165, 1.54) is 0 Å². The summed E-state index contributed by atoms with van der Waals surface area (Å²) in [5, 5.41) is 3.45. The fraction of sp³-hybridized carbons (Fsp3) is 0.250. The first-order chi connectivity index (χ1) is 9.95. The molecular weight excluding hydrogens is 420 g/mol. The highest BCUT2D eigenvalue weighted by Gasteiger charge is 2.21. The van der Waals surface area contributed by atoms with E-state index in [0.717, 1.165) is 22.1 Å². The van der Waals surface area contributed by atoms with Gasteiger partial charge in [0.15, 0.2) is 0 Å². The molecule has 1 nitrogen and oxygen atoms in total. The maximum absolute atomic E-state index is 14.5. The molecule has 112 valence electrons. The Labute approximate surface area is 146 Å². The fourth-order valence-corrected chi connectivity index (χ4v) is 3.13. The molecule has 0 saturated carbocycles. The van der Waals surface area contributed by atoms with Crippen molar-refractivity contribution in [1.82, 2.24) is 5.32 Å². The quantitative estimate of drug-likeness (QED) is 0.580. The number of aryl methyl sites for hydroxylation is 1. The zero-order chi connectivity index (χ0) is 15.6. The molecule has 1 unspecified atom stereocenters. The van der Waals surface area contributed by atoms with E-state index in [1.54, 1.807) is 12.1 Å². The lowest BCUT2D eigenvalue weighted by Gasteiger charge is -2.22. The topological polar surface area (TPSA) is 12.0 Å². The molecule has 0 amide bonds. The molecule has 0 aliphatic rings. The third kappa shape index (κ3) is 3.67. The van der Waals surface area contributed by atoms with E-state index in [4.69, 9.17) is 11.6 Å². The Bertz CT molecular complexity index is 661. The second-order valence-corrected chi connectivity index (χ2v) is 6.90. The van der Waals surface area contributed by atoms with Crippen LogP contribution < -0.4 is 5.32 Å². The normalized spacial score (nSPS) is 12.5. The lowest BCUT2D eigenvalue weighted by Crippen LogP contribution is -2.24. The van der Waals surface area contributed by atoms with Gasteiger partial charge in [0, 0.05) is 14.5 Å². The van der Waals surface area contributed by atoms with Gasteiger partial charge in [-0.2, -0.15) is 0 Å². The van der Waals surface area contributed by atoms with Crippen molar-refractivity contribution in [3.8, 4) is 0 Å². The Morgan fingerprint density at radius 2 is 1.90 bits per heavy atom. The first-order valence-electron chi connectivity index (χ1n) is 6.58. The van der Waals surface area contributed by atoms with E-state index >= 15 is 0 Å². The summed E-state index contributed by atoms with van der Waals surface area (Å²) in [5.41, 5.74) is 2.68. The summed E-state index contributed by atoms with van der Waals surface area (Å²) in [5.74, 6) is -0.392. The van der Waals surface area contributed by atoms with E-state index in [2.05, 4.69) is 37.2 Å². The van der Waals surface area contributed by atoms with Gasteiger partial charge in [-0.1, -0.05) is 46.6 Å². The minimum atomic E-state index is -0.392. The van der Waals surface area contributed by atoms with Crippen molar-refractivity contribution in [2.45, 2.75) is 19.9 Å². The molecular formula is C16H15Br2ClFN. The van der Waals surface area contributed by atoms with Crippen molar-refractivity contribution < 1.29 is 4.39 Å². The molecule has 5 heteroatoms. The van der Waals surface area contributed by atoms with E-state index in [0.29, 0.717) is 10.0 Å². The Hall–Kier alpha value is -0.420. The Balaban J connectivity index is 2.59. The predicted molar refractivity (Wildman–Crippen MR) is 93.5 cm³/mol. The molecule has 21 heavy (non-hydrogen) atoms. The van der Waals surface area contributed by atoms with Gasteiger partial charge >= 0.3 is 0 Å². The molecule has 0 heterocycles. The van der Waals surface area contributed by atoms with Crippen LogP contribution in [-0.4, -0.2) is 6.54 Å². The number of hydrogen-bond acceptors (Lipinski definition) is 1. The molecule has 2 rings (SSSR count). The smallest absolute Gasteiger partial charge is 0.148 e. The van der Waals surface area contributed by atoms with Crippen LogP contribution in [0.25, 0.3) is 0 Å². The summed E-state index contributed by atoms with van der Waals surface area (Å²) >= 11 is 12.8. The van der Waals surface area contributed by atoms with Gasteiger partial charge < -0.3 is 5.32 Å². The van der Waals surface area contributed by atoms with Crippen LogP contribution in [0.15, 0.2) is 39.3 Å². The van der Waals surface area contributed by atoms with Crippen molar-refractivity contribution in [3.63, 3.8) is 0 Å². The standard InChI is InChI=1S/C16H15Br2ClFN/c1-3-21-16(12-8-10(17)5-4-9(12)2)11-6-7-13(18)14(19)15(11)20/h4-8,16,21H,3H2,1-2H3. The van der Waals surface area contributed by atoms with Crippen LogP contribution in [0.3, 0.4) is 0 Å². The highest BCUT2D eigenvalue weighted by atomic mass is 79.9. The van der Waals surface area contributed by atoms with Crippen LogP contribution >= 0.6 is 43.5 Å². The second kappa shape index (κ2) is 7.23. The first-order valence-corrected chi connectivity index (χ1v) is 8.55. The number of nitrogens with one attached hydrogen (secondary N) is 1. The molecule has 0 saturated heterocycles. The second-order valence-electron chi connectivity index (χ2n) is 4.76. The van der Waals surface area contributed by atoms with Crippen molar-refractivity contribution in [2.24, 2.45) is 0 Å². The van der Waals surface area contributed by atoms with E-state index in [-0.39, 0.29) is 11.1 Å². The van der Waals surface area contributed by atoms with Crippen molar-refractivity contribution >= 4 is 43.5 Å². The zero-order valence-corrected chi connectivity index (χ0v) is 15.6. The summed E-state index contributed by atoms with van der Waals surface area (Å²) in [6, 6.07) is 9.31. The summed E-state index contributed by atoms with van der Waals surface area (Å²) < 4.78 is 16.1. The number of halogens is 4. The van der Waals surface area contributed by atoms with Crippen LogP contribution in [0.4, 0.5) is 4.39 Å². The maximum Gasteiger partial charge on any atom is 0.148 e. The third-order valence-corrected chi connectivity index (χ3v) is 5.09. The van der Waals surface area contributed by atoms with Crippen molar-refractivity contribution in [1.29, 1.82) is 0 Å². The highest BCUT2D eigenvalue weighted by molar-refractivity contribution is 9.10. The molecule has 0 radical (unpaired) electrons. The molecule has 2 aromatic rings. The van der Waals surface area contributed by atoms with E-state index < -0.39 is 5.82 Å². The molecule has 0 spiro atoms. The minimum Gasteiger partial charge on any atom is -0.306 e. The monoisotopic (exact) mass is 433 g/mol. The Morgan fingerprint density at radius 1 is 1.19 bits per heavy atom. The van der Waals surface area contributed by atoms with Gasteiger partial charge in [-0.25, -0.2) is 4.39 Å². The highest BCUT2D eigenvalue weighted by Crippen LogP contribution is 2.34. The molecule has 0 bridgehead atoms. The average Bonchev–Trinajstić information content (AvgIpc) is 2.46. The molecule has 0 aromatic heterocycles. The van der Waals surface area contributed by atoms with Crippen LogP contribution in [0, 0.1) is 12.7 Å². The Morgan fingerprint density at radius 3 is 2.57 bits per heavy atom. The van der Waals surface area contributed by atoms with Crippen LogP contribution in [0.1, 0.15) is 29.7 Å². The maximum atomic E-state index is 14.5. The molecule has 2 aromatic carbocycles. The molecule has 0 fully saturated rings.